The van der Waals surface area contributed by atoms with E-state index >= 15 is 0 Å². The van der Waals surface area contributed by atoms with Crippen molar-refractivity contribution in [1.82, 2.24) is 9.59 Å². The standard InChI is InChI=1S/C16H11ClFN5O2S/c17-9-5-7-10(8-6-9)19-16(25)21-15-13(22-23-26-15)14(24)20-12-4-2-1-3-11(12)18/h1-8H,(H,20,24)(H2,19,21,25). The maximum absolute atomic E-state index is 13.6. The summed E-state index contributed by atoms with van der Waals surface area (Å²) in [6.45, 7) is 0. The number of hydrogen-bond acceptors (Lipinski definition) is 5. The molecular formula is C16H11ClFN5O2S. The average molecular weight is 392 g/mol. The molecular weight excluding hydrogens is 381 g/mol. The molecule has 10 heteroatoms. The van der Waals surface area contributed by atoms with E-state index in [1.165, 1.54) is 18.2 Å². The van der Waals surface area contributed by atoms with Crippen LogP contribution in [0.1, 0.15) is 10.5 Å². The van der Waals surface area contributed by atoms with Gasteiger partial charge in [0.15, 0.2) is 10.7 Å². The van der Waals surface area contributed by atoms with E-state index in [9.17, 15) is 14.0 Å². The normalized spacial score (nSPS) is 10.2. The first kappa shape index (κ1) is 17.8. The molecule has 3 N–H and O–H groups in total. The summed E-state index contributed by atoms with van der Waals surface area (Å²) >= 11 is 6.61. The van der Waals surface area contributed by atoms with E-state index in [0.717, 1.165) is 11.5 Å². The molecule has 0 atom stereocenters. The largest absolute Gasteiger partial charge is 0.324 e. The van der Waals surface area contributed by atoms with Crippen molar-refractivity contribution < 1.29 is 14.0 Å². The van der Waals surface area contributed by atoms with Crippen LogP contribution in [0.25, 0.3) is 0 Å². The molecule has 0 saturated heterocycles. The zero-order valence-electron chi connectivity index (χ0n) is 13.0. The summed E-state index contributed by atoms with van der Waals surface area (Å²) in [7, 11) is 0. The van der Waals surface area contributed by atoms with E-state index in [0.29, 0.717) is 10.7 Å². The van der Waals surface area contributed by atoms with Gasteiger partial charge in [-0.2, -0.15) is 0 Å². The number of benzene rings is 2. The van der Waals surface area contributed by atoms with Gasteiger partial charge in [0, 0.05) is 22.2 Å². The first-order valence-corrected chi connectivity index (χ1v) is 8.40. The van der Waals surface area contributed by atoms with Gasteiger partial charge in [-0.15, -0.1) is 5.10 Å². The second kappa shape index (κ2) is 7.89. The van der Waals surface area contributed by atoms with Crippen molar-refractivity contribution >= 4 is 51.4 Å². The van der Waals surface area contributed by atoms with Crippen LogP contribution in [0, 0.1) is 5.82 Å². The minimum absolute atomic E-state index is 0.00191. The van der Waals surface area contributed by atoms with Gasteiger partial charge < -0.3 is 10.6 Å². The Bertz CT molecular complexity index is 948. The summed E-state index contributed by atoms with van der Waals surface area (Å²) in [6, 6.07) is 11.6. The summed E-state index contributed by atoms with van der Waals surface area (Å²) in [5.41, 5.74) is 0.397. The fraction of sp³-hybridized carbons (Fsp3) is 0. The number of amides is 3. The Labute approximate surface area is 156 Å². The van der Waals surface area contributed by atoms with Gasteiger partial charge in [-0.05, 0) is 36.4 Å². The number of carbonyl (C=O) groups is 2. The molecule has 0 radical (unpaired) electrons. The second-order valence-corrected chi connectivity index (χ2v) is 6.16. The lowest BCUT2D eigenvalue weighted by Gasteiger charge is -2.08. The maximum atomic E-state index is 13.6. The van der Waals surface area contributed by atoms with Gasteiger partial charge in [-0.25, -0.2) is 9.18 Å². The second-order valence-electron chi connectivity index (χ2n) is 4.97. The summed E-state index contributed by atoms with van der Waals surface area (Å²) in [5.74, 6) is -1.27. The number of aromatic nitrogens is 2. The SMILES string of the molecule is O=C(Nc1ccc(Cl)cc1)Nc1snnc1C(=O)Nc1ccccc1F. The van der Waals surface area contributed by atoms with Gasteiger partial charge in [-0.1, -0.05) is 28.2 Å². The first-order chi connectivity index (χ1) is 12.5. The van der Waals surface area contributed by atoms with Crippen LogP contribution in [0.2, 0.25) is 5.02 Å². The summed E-state index contributed by atoms with van der Waals surface area (Å²) in [4.78, 5) is 24.3. The molecule has 7 nitrogen and oxygen atoms in total. The van der Waals surface area contributed by atoms with Crippen LogP contribution < -0.4 is 16.0 Å². The lowest BCUT2D eigenvalue weighted by atomic mass is 10.3. The van der Waals surface area contributed by atoms with Crippen LogP contribution in [0.3, 0.4) is 0 Å². The van der Waals surface area contributed by atoms with Crippen molar-refractivity contribution in [3.63, 3.8) is 0 Å². The number of carbonyl (C=O) groups excluding carboxylic acids is 2. The zero-order valence-corrected chi connectivity index (χ0v) is 14.6. The molecule has 3 rings (SSSR count). The number of nitrogens with one attached hydrogen (secondary N) is 3. The van der Waals surface area contributed by atoms with Crippen molar-refractivity contribution in [2.24, 2.45) is 0 Å². The topological polar surface area (TPSA) is 96.0 Å². The Morgan fingerprint density at radius 3 is 2.46 bits per heavy atom. The van der Waals surface area contributed by atoms with Gasteiger partial charge in [-0.3, -0.25) is 10.1 Å². The van der Waals surface area contributed by atoms with Gasteiger partial charge in [0.1, 0.15) is 5.82 Å². The van der Waals surface area contributed by atoms with Crippen LogP contribution in [0.4, 0.5) is 25.6 Å². The fourth-order valence-corrected chi connectivity index (χ4v) is 2.65. The van der Waals surface area contributed by atoms with E-state index < -0.39 is 17.8 Å². The molecule has 3 aromatic rings. The Kier molecular flexibility index (Phi) is 5.40. The molecule has 0 saturated carbocycles. The highest BCUT2D eigenvalue weighted by molar-refractivity contribution is 7.10. The van der Waals surface area contributed by atoms with Crippen LogP contribution in [-0.4, -0.2) is 21.5 Å². The number of hydrogen-bond donors (Lipinski definition) is 3. The Balaban J connectivity index is 1.68. The van der Waals surface area contributed by atoms with Crippen LogP contribution in [0.15, 0.2) is 48.5 Å². The smallest absolute Gasteiger partial charge is 0.318 e. The summed E-state index contributed by atoms with van der Waals surface area (Å²) in [5, 5.41) is 11.8. The molecule has 0 unspecified atom stereocenters. The minimum atomic E-state index is -0.689. The molecule has 0 aliphatic rings. The summed E-state index contributed by atoms with van der Waals surface area (Å²) in [6.07, 6.45) is 0. The van der Waals surface area contributed by atoms with Crippen LogP contribution >= 0.6 is 23.1 Å². The van der Waals surface area contributed by atoms with Gasteiger partial charge in [0.25, 0.3) is 5.91 Å². The number of halogens is 2. The first-order valence-electron chi connectivity index (χ1n) is 7.25. The van der Waals surface area contributed by atoms with Gasteiger partial charge in [0.2, 0.25) is 0 Å². The van der Waals surface area contributed by atoms with E-state index in [2.05, 4.69) is 25.5 Å². The van der Waals surface area contributed by atoms with E-state index in [1.807, 2.05) is 0 Å². The zero-order chi connectivity index (χ0) is 18.5. The Hall–Kier alpha value is -3.04. The molecule has 0 fully saturated rings. The quantitative estimate of drug-likeness (QED) is 0.620. The number of nitrogens with zero attached hydrogens (tertiary/aromatic N) is 2. The number of urea groups is 1. The third-order valence-corrected chi connectivity index (χ3v) is 4.05. The van der Waals surface area contributed by atoms with Gasteiger partial charge in [0.05, 0.1) is 5.69 Å². The van der Waals surface area contributed by atoms with Crippen molar-refractivity contribution in [1.29, 1.82) is 0 Å². The number of para-hydroxylation sites is 1. The predicted octanol–water partition coefficient (Wildman–Crippen LogP) is 4.23. The fourth-order valence-electron chi connectivity index (χ4n) is 1.96. The Morgan fingerprint density at radius 1 is 1.00 bits per heavy atom. The number of anilines is 3. The molecule has 26 heavy (non-hydrogen) atoms. The van der Waals surface area contributed by atoms with Crippen LogP contribution in [-0.2, 0) is 0 Å². The molecule has 0 aliphatic carbocycles. The molecule has 0 aliphatic heterocycles. The third kappa shape index (κ3) is 4.32. The van der Waals surface area contributed by atoms with Crippen molar-refractivity contribution in [3.05, 3.63) is 65.1 Å². The molecule has 3 amide bonds. The molecule has 0 spiro atoms. The average Bonchev–Trinajstić information content (AvgIpc) is 3.07. The van der Waals surface area contributed by atoms with Gasteiger partial charge >= 0.3 is 6.03 Å². The molecule has 132 valence electrons. The lowest BCUT2D eigenvalue weighted by Crippen LogP contribution is -2.21. The molecule has 1 heterocycles. The highest BCUT2D eigenvalue weighted by Crippen LogP contribution is 2.21. The number of rotatable bonds is 4. The highest BCUT2D eigenvalue weighted by Gasteiger charge is 2.19. The molecule has 1 aromatic heterocycles. The van der Waals surface area contributed by atoms with Crippen LogP contribution in [0.5, 0.6) is 0 Å². The summed E-state index contributed by atoms with van der Waals surface area (Å²) < 4.78 is 17.3. The molecule has 0 bridgehead atoms. The monoisotopic (exact) mass is 391 g/mol. The van der Waals surface area contributed by atoms with E-state index in [4.69, 9.17) is 11.6 Å². The molecule has 2 aromatic carbocycles. The lowest BCUT2D eigenvalue weighted by molar-refractivity contribution is 0.102. The van der Waals surface area contributed by atoms with Crippen molar-refractivity contribution in [3.8, 4) is 0 Å². The minimum Gasteiger partial charge on any atom is -0.318 e. The third-order valence-electron chi connectivity index (χ3n) is 3.15. The Morgan fingerprint density at radius 2 is 1.73 bits per heavy atom. The highest BCUT2D eigenvalue weighted by atomic mass is 35.5. The maximum Gasteiger partial charge on any atom is 0.324 e. The predicted molar refractivity (Wildman–Crippen MR) is 98.4 cm³/mol. The van der Waals surface area contributed by atoms with Crippen molar-refractivity contribution in [2.75, 3.05) is 16.0 Å². The van der Waals surface area contributed by atoms with E-state index in [1.54, 1.807) is 30.3 Å². The van der Waals surface area contributed by atoms with Crippen molar-refractivity contribution in [2.45, 2.75) is 0 Å². The van der Waals surface area contributed by atoms with E-state index in [-0.39, 0.29) is 16.4 Å².